The lowest BCUT2D eigenvalue weighted by Gasteiger charge is -2.28. The number of hydrogen-bond donors (Lipinski definition) is 0. The molecule has 0 aromatic carbocycles. The topological polar surface area (TPSA) is 0 Å². The molecule has 0 aliphatic heterocycles. The van der Waals surface area contributed by atoms with E-state index in [0.717, 1.165) is 0 Å². The first-order chi connectivity index (χ1) is 14.2. The van der Waals surface area contributed by atoms with Crippen molar-refractivity contribution < 1.29 is 0 Å². The van der Waals surface area contributed by atoms with Gasteiger partial charge in [0.15, 0.2) is 0 Å². The van der Waals surface area contributed by atoms with Crippen LogP contribution in [0.5, 0.6) is 0 Å². The molecule has 0 aliphatic carbocycles. The molecule has 0 amide bonds. The summed E-state index contributed by atoms with van der Waals surface area (Å²) in [5, 5.41) is 0. The third kappa shape index (κ3) is 17.9. The molecule has 0 atom stereocenters. The van der Waals surface area contributed by atoms with Crippen LogP contribution in [0.1, 0.15) is 105 Å². The molecule has 0 unspecified atom stereocenters. The van der Waals surface area contributed by atoms with Gasteiger partial charge in [0.2, 0.25) is 0 Å². The zero-order chi connectivity index (χ0) is 21.5. The molecule has 0 radical (unpaired) electrons. The maximum absolute atomic E-state index is 2.35. The Bertz CT molecular complexity index is 356. The van der Waals surface area contributed by atoms with Crippen molar-refractivity contribution >= 4 is 7.26 Å². The second-order valence-corrected chi connectivity index (χ2v) is 13.0. The zero-order valence-electron chi connectivity index (χ0n) is 20.4. The highest BCUT2D eigenvalue weighted by Crippen LogP contribution is 2.61. The van der Waals surface area contributed by atoms with E-state index in [9.17, 15) is 0 Å². The van der Waals surface area contributed by atoms with Gasteiger partial charge in [0, 0.05) is 7.26 Å². The van der Waals surface area contributed by atoms with Crippen molar-refractivity contribution in [2.75, 3.05) is 24.6 Å². The standard InChI is InChI=1S/C28H52P/c1-5-9-13-17-21-25-29(26-22-18-14-10-6-2,27-23-19-15-11-7-3)28-24-20-16-12-8-4/h5-12H,13-28H2,1-4H3/q+1/b9-5+,10-6+,11-7+,12-8+. The second kappa shape index (κ2) is 22.1. The van der Waals surface area contributed by atoms with Crippen molar-refractivity contribution in [3.63, 3.8) is 0 Å². The minimum absolute atomic E-state index is 0.787. The van der Waals surface area contributed by atoms with Gasteiger partial charge < -0.3 is 0 Å². The van der Waals surface area contributed by atoms with Crippen LogP contribution in [-0.4, -0.2) is 24.6 Å². The Balaban J connectivity index is 4.85. The summed E-state index contributed by atoms with van der Waals surface area (Å²) in [6, 6.07) is 0. The fraction of sp³-hybridized carbons (Fsp3) is 0.714. The van der Waals surface area contributed by atoms with Gasteiger partial charge in [-0.2, -0.15) is 0 Å². The van der Waals surface area contributed by atoms with Crippen molar-refractivity contribution in [1.29, 1.82) is 0 Å². The molecule has 0 aromatic rings. The van der Waals surface area contributed by atoms with E-state index < -0.39 is 7.26 Å². The molecule has 1 heteroatoms. The number of allylic oxidation sites excluding steroid dienone is 8. The summed E-state index contributed by atoms with van der Waals surface area (Å²) in [4.78, 5) is 0. The third-order valence-corrected chi connectivity index (χ3v) is 11.0. The molecule has 0 spiro atoms. The predicted octanol–water partition coefficient (Wildman–Crippen LogP) is 9.99. The minimum atomic E-state index is -0.787. The second-order valence-electron chi connectivity index (χ2n) is 8.50. The quantitative estimate of drug-likeness (QED) is 0.105. The molecule has 0 aliphatic rings. The Kier molecular flexibility index (Phi) is 21.6. The van der Waals surface area contributed by atoms with Gasteiger partial charge in [-0.15, -0.1) is 0 Å². The smallest absolute Gasteiger partial charge is 0.0594 e. The van der Waals surface area contributed by atoms with Gasteiger partial charge in [-0.25, -0.2) is 0 Å². The largest absolute Gasteiger partial charge is 0.0917 e. The Labute approximate surface area is 185 Å². The highest BCUT2D eigenvalue weighted by atomic mass is 31.2. The van der Waals surface area contributed by atoms with E-state index in [1.165, 1.54) is 77.0 Å². The van der Waals surface area contributed by atoms with E-state index >= 15 is 0 Å². The minimum Gasteiger partial charge on any atom is -0.0917 e. The lowest BCUT2D eigenvalue weighted by atomic mass is 10.2. The first kappa shape index (κ1) is 28.4. The fourth-order valence-electron chi connectivity index (χ4n) is 4.18. The number of unbranched alkanes of at least 4 members (excludes halogenated alkanes) is 8. The highest BCUT2D eigenvalue weighted by Gasteiger charge is 2.34. The third-order valence-electron chi connectivity index (χ3n) is 5.96. The molecule has 0 aromatic heterocycles. The molecule has 168 valence electrons. The summed E-state index contributed by atoms with van der Waals surface area (Å²) in [5.74, 6) is 0. The van der Waals surface area contributed by atoms with Crippen LogP contribution in [-0.2, 0) is 0 Å². The molecule has 0 rings (SSSR count). The van der Waals surface area contributed by atoms with Crippen LogP contribution in [0.4, 0.5) is 0 Å². The maximum atomic E-state index is 2.35. The van der Waals surface area contributed by atoms with E-state index in [2.05, 4.69) is 76.3 Å². The van der Waals surface area contributed by atoms with Gasteiger partial charge in [0.1, 0.15) is 0 Å². The van der Waals surface area contributed by atoms with Crippen molar-refractivity contribution in [3.8, 4) is 0 Å². The highest BCUT2D eigenvalue weighted by molar-refractivity contribution is 7.75. The molecule has 0 fully saturated rings. The number of hydrogen-bond acceptors (Lipinski definition) is 0. The summed E-state index contributed by atoms with van der Waals surface area (Å²) in [7, 11) is -0.787. The van der Waals surface area contributed by atoms with Gasteiger partial charge in [-0.05, 0) is 105 Å². The summed E-state index contributed by atoms with van der Waals surface area (Å²) < 4.78 is 0. The SMILES string of the molecule is C/C=C/CCCC[P+](CCCC/C=C/C)(CCCC/C=C/C)CCCC/C=C/C. The monoisotopic (exact) mass is 419 g/mol. The summed E-state index contributed by atoms with van der Waals surface area (Å²) in [5.41, 5.74) is 0. The Morgan fingerprint density at radius 3 is 0.828 bits per heavy atom. The average molecular weight is 420 g/mol. The van der Waals surface area contributed by atoms with Crippen LogP contribution in [0.15, 0.2) is 48.6 Å². The molecule has 0 saturated carbocycles. The van der Waals surface area contributed by atoms with Crippen LogP contribution < -0.4 is 0 Å². The molecular formula is C28H52P+. The van der Waals surface area contributed by atoms with E-state index in [0.29, 0.717) is 0 Å². The van der Waals surface area contributed by atoms with E-state index in [1.807, 2.05) is 0 Å². The van der Waals surface area contributed by atoms with Crippen molar-refractivity contribution in [1.82, 2.24) is 0 Å². The van der Waals surface area contributed by atoms with Gasteiger partial charge in [0.25, 0.3) is 0 Å². The Morgan fingerprint density at radius 2 is 0.621 bits per heavy atom. The summed E-state index contributed by atoms with van der Waals surface area (Å²) in [6.45, 7) is 8.60. The Hall–Kier alpha value is -0.610. The maximum Gasteiger partial charge on any atom is 0.0594 e. The first-order valence-electron chi connectivity index (χ1n) is 12.5. The normalized spacial score (nSPS) is 13.1. The lowest BCUT2D eigenvalue weighted by molar-refractivity contribution is 0.761. The molecule has 0 bridgehead atoms. The van der Waals surface area contributed by atoms with Crippen molar-refractivity contribution in [2.24, 2.45) is 0 Å². The van der Waals surface area contributed by atoms with E-state index in [4.69, 9.17) is 0 Å². The summed E-state index contributed by atoms with van der Waals surface area (Å²) in [6.07, 6.45) is 41.0. The van der Waals surface area contributed by atoms with Gasteiger partial charge in [-0.3, -0.25) is 0 Å². The average Bonchev–Trinajstić information content (AvgIpc) is 2.73. The van der Waals surface area contributed by atoms with E-state index in [-0.39, 0.29) is 0 Å². The fourth-order valence-corrected chi connectivity index (χ4v) is 9.09. The first-order valence-corrected chi connectivity index (χ1v) is 15.1. The summed E-state index contributed by atoms with van der Waals surface area (Å²) >= 11 is 0. The van der Waals surface area contributed by atoms with Crippen molar-refractivity contribution in [2.45, 2.75) is 105 Å². The van der Waals surface area contributed by atoms with Gasteiger partial charge >= 0.3 is 0 Å². The molecule has 0 heterocycles. The van der Waals surface area contributed by atoms with Crippen LogP contribution >= 0.6 is 7.26 Å². The van der Waals surface area contributed by atoms with E-state index in [1.54, 1.807) is 24.6 Å². The van der Waals surface area contributed by atoms with Gasteiger partial charge in [-0.1, -0.05) is 48.6 Å². The molecular weight excluding hydrogens is 367 g/mol. The molecule has 0 nitrogen and oxygen atoms in total. The van der Waals surface area contributed by atoms with Crippen molar-refractivity contribution in [3.05, 3.63) is 48.6 Å². The predicted molar refractivity (Wildman–Crippen MR) is 141 cm³/mol. The van der Waals surface area contributed by atoms with Crippen LogP contribution in [0.25, 0.3) is 0 Å². The van der Waals surface area contributed by atoms with Crippen LogP contribution in [0.2, 0.25) is 0 Å². The molecule has 0 saturated heterocycles. The van der Waals surface area contributed by atoms with Crippen LogP contribution in [0.3, 0.4) is 0 Å². The Morgan fingerprint density at radius 1 is 0.379 bits per heavy atom. The zero-order valence-corrected chi connectivity index (χ0v) is 21.3. The van der Waals surface area contributed by atoms with Crippen LogP contribution in [0, 0.1) is 0 Å². The number of rotatable bonds is 20. The molecule has 0 N–H and O–H groups in total. The van der Waals surface area contributed by atoms with Gasteiger partial charge in [0.05, 0.1) is 24.6 Å². The molecule has 29 heavy (non-hydrogen) atoms. The lowest BCUT2D eigenvalue weighted by Crippen LogP contribution is -2.13.